The summed E-state index contributed by atoms with van der Waals surface area (Å²) in [6.45, 7) is 0.176. The number of aliphatic hydroxyl groups is 1. The average Bonchev–Trinajstić information content (AvgIpc) is 2.53. The highest BCUT2D eigenvalue weighted by molar-refractivity contribution is 6.30. The van der Waals surface area contributed by atoms with Gasteiger partial charge < -0.3 is 9.84 Å². The second kappa shape index (κ2) is 6.12. The lowest BCUT2D eigenvalue weighted by Crippen LogP contribution is -2.10. The number of aromatic nitrogens is 1. The van der Waals surface area contributed by atoms with Crippen LogP contribution in [0.2, 0.25) is 5.02 Å². The van der Waals surface area contributed by atoms with Crippen LogP contribution < -0.4 is 4.74 Å². The Bertz CT molecular complexity index is 738. The maximum absolute atomic E-state index is 10.4. The first-order valence-corrected chi connectivity index (χ1v) is 7.02. The number of halogens is 1. The number of rotatable bonds is 4. The van der Waals surface area contributed by atoms with Gasteiger partial charge in [-0.2, -0.15) is 0 Å². The van der Waals surface area contributed by atoms with E-state index in [0.717, 1.165) is 16.5 Å². The summed E-state index contributed by atoms with van der Waals surface area (Å²) in [7, 11) is 0. The molecule has 1 aromatic heterocycles. The smallest absolute Gasteiger partial charge is 0.119 e. The molecule has 3 nitrogen and oxygen atoms in total. The highest BCUT2D eigenvalue weighted by Gasteiger charge is 2.12. The topological polar surface area (TPSA) is 42.4 Å². The lowest BCUT2D eigenvalue weighted by molar-refractivity contribution is 0.109. The molecule has 0 aliphatic rings. The van der Waals surface area contributed by atoms with Crippen LogP contribution in [0.25, 0.3) is 10.9 Å². The van der Waals surface area contributed by atoms with Gasteiger partial charge in [0.2, 0.25) is 0 Å². The molecule has 0 radical (unpaired) electrons. The van der Waals surface area contributed by atoms with Gasteiger partial charge in [0.15, 0.2) is 0 Å². The van der Waals surface area contributed by atoms with Gasteiger partial charge >= 0.3 is 0 Å². The van der Waals surface area contributed by atoms with Crippen molar-refractivity contribution >= 4 is 22.5 Å². The van der Waals surface area contributed by atoms with Crippen molar-refractivity contribution in [2.45, 2.75) is 6.10 Å². The molecule has 106 valence electrons. The first kappa shape index (κ1) is 13.9. The minimum atomic E-state index is -0.714. The maximum Gasteiger partial charge on any atom is 0.119 e. The van der Waals surface area contributed by atoms with E-state index in [2.05, 4.69) is 4.98 Å². The van der Waals surface area contributed by atoms with E-state index in [9.17, 15) is 5.11 Å². The number of hydrogen-bond donors (Lipinski definition) is 1. The van der Waals surface area contributed by atoms with Crippen LogP contribution in [0.1, 0.15) is 11.7 Å². The zero-order chi connectivity index (χ0) is 14.7. The van der Waals surface area contributed by atoms with Crippen LogP contribution in [0.3, 0.4) is 0 Å². The zero-order valence-electron chi connectivity index (χ0n) is 11.2. The van der Waals surface area contributed by atoms with Crippen LogP contribution in [-0.2, 0) is 0 Å². The van der Waals surface area contributed by atoms with E-state index in [1.54, 1.807) is 30.5 Å². The molecular weight excluding hydrogens is 286 g/mol. The monoisotopic (exact) mass is 299 g/mol. The molecule has 3 aromatic rings. The molecule has 0 saturated heterocycles. The van der Waals surface area contributed by atoms with E-state index in [0.29, 0.717) is 10.8 Å². The van der Waals surface area contributed by atoms with Gasteiger partial charge in [0, 0.05) is 16.6 Å². The molecular formula is C17H14ClNO2. The average molecular weight is 300 g/mol. The van der Waals surface area contributed by atoms with Gasteiger partial charge in [-0.25, -0.2) is 0 Å². The summed E-state index contributed by atoms with van der Waals surface area (Å²) in [4.78, 5) is 4.29. The third-order valence-corrected chi connectivity index (χ3v) is 3.51. The second-order valence-corrected chi connectivity index (χ2v) is 5.13. The van der Waals surface area contributed by atoms with Crippen LogP contribution >= 0.6 is 11.6 Å². The van der Waals surface area contributed by atoms with Crippen molar-refractivity contribution in [1.82, 2.24) is 4.98 Å². The minimum Gasteiger partial charge on any atom is -0.491 e. The summed E-state index contributed by atoms with van der Waals surface area (Å²) in [6.07, 6.45) is 1.02. The zero-order valence-corrected chi connectivity index (χ0v) is 12.0. The summed E-state index contributed by atoms with van der Waals surface area (Å²) in [5.41, 5.74) is 1.68. The number of aliphatic hydroxyl groups excluding tert-OH is 1. The predicted molar refractivity (Wildman–Crippen MR) is 83.6 cm³/mol. The molecule has 0 fully saturated rings. The molecule has 1 unspecified atom stereocenters. The van der Waals surface area contributed by atoms with E-state index < -0.39 is 6.10 Å². The summed E-state index contributed by atoms with van der Waals surface area (Å²) >= 11 is 5.82. The normalized spacial score (nSPS) is 12.3. The SMILES string of the molecule is OC(COc1ccc(Cl)cc1)c1cccc2ncccc12. The third kappa shape index (κ3) is 3.15. The fourth-order valence-electron chi connectivity index (χ4n) is 2.21. The van der Waals surface area contributed by atoms with Gasteiger partial charge in [0.1, 0.15) is 18.5 Å². The number of benzene rings is 2. The summed E-state index contributed by atoms with van der Waals surface area (Å²) in [6, 6.07) is 16.6. The van der Waals surface area contributed by atoms with E-state index in [1.807, 2.05) is 30.3 Å². The standard InChI is InChI=1S/C17H14ClNO2/c18-12-6-8-13(9-7-12)21-11-17(20)15-3-1-5-16-14(15)4-2-10-19-16/h1-10,17,20H,11H2. The Morgan fingerprint density at radius 3 is 2.67 bits per heavy atom. The van der Waals surface area contributed by atoms with E-state index in [4.69, 9.17) is 16.3 Å². The molecule has 0 amide bonds. The number of ether oxygens (including phenoxy) is 1. The van der Waals surface area contributed by atoms with Gasteiger partial charge in [-0.1, -0.05) is 29.8 Å². The molecule has 0 saturated carbocycles. The second-order valence-electron chi connectivity index (χ2n) is 4.70. The summed E-state index contributed by atoms with van der Waals surface area (Å²) < 4.78 is 5.60. The van der Waals surface area contributed by atoms with Crippen molar-refractivity contribution < 1.29 is 9.84 Å². The molecule has 0 spiro atoms. The molecule has 4 heteroatoms. The maximum atomic E-state index is 10.4. The van der Waals surface area contributed by atoms with Gasteiger partial charge in [-0.15, -0.1) is 0 Å². The number of fused-ring (bicyclic) bond motifs is 1. The quantitative estimate of drug-likeness (QED) is 0.792. The van der Waals surface area contributed by atoms with Crippen LogP contribution in [-0.4, -0.2) is 16.7 Å². The number of pyridine rings is 1. The third-order valence-electron chi connectivity index (χ3n) is 3.26. The van der Waals surface area contributed by atoms with E-state index in [1.165, 1.54) is 0 Å². The Morgan fingerprint density at radius 1 is 1.05 bits per heavy atom. The van der Waals surface area contributed by atoms with Crippen LogP contribution in [0.15, 0.2) is 60.8 Å². The van der Waals surface area contributed by atoms with E-state index in [-0.39, 0.29) is 6.61 Å². The summed E-state index contributed by atoms with van der Waals surface area (Å²) in [5.74, 6) is 0.678. The molecule has 0 aliphatic heterocycles. The fraction of sp³-hybridized carbons (Fsp3) is 0.118. The summed E-state index contributed by atoms with van der Waals surface area (Å²) in [5, 5.41) is 11.9. The minimum absolute atomic E-state index is 0.176. The van der Waals surface area contributed by atoms with Gasteiger partial charge in [-0.05, 0) is 42.0 Å². The van der Waals surface area contributed by atoms with Crippen molar-refractivity contribution in [3.8, 4) is 5.75 Å². The molecule has 1 heterocycles. The van der Waals surface area contributed by atoms with Gasteiger partial charge in [0.25, 0.3) is 0 Å². The Kier molecular flexibility index (Phi) is 4.04. The molecule has 21 heavy (non-hydrogen) atoms. The first-order chi connectivity index (χ1) is 10.2. The Morgan fingerprint density at radius 2 is 1.86 bits per heavy atom. The highest BCUT2D eigenvalue weighted by Crippen LogP contribution is 2.24. The lowest BCUT2D eigenvalue weighted by atomic mass is 10.0. The Hall–Kier alpha value is -2.10. The van der Waals surface area contributed by atoms with Gasteiger partial charge in [0.05, 0.1) is 5.52 Å². The number of hydrogen-bond acceptors (Lipinski definition) is 3. The molecule has 3 rings (SSSR count). The first-order valence-electron chi connectivity index (χ1n) is 6.64. The molecule has 0 aliphatic carbocycles. The number of nitrogens with zero attached hydrogens (tertiary/aromatic N) is 1. The largest absolute Gasteiger partial charge is 0.491 e. The molecule has 0 bridgehead atoms. The molecule has 1 atom stereocenters. The van der Waals surface area contributed by atoms with Crippen molar-refractivity contribution in [2.24, 2.45) is 0 Å². The highest BCUT2D eigenvalue weighted by atomic mass is 35.5. The van der Waals surface area contributed by atoms with Crippen LogP contribution in [0.5, 0.6) is 5.75 Å². The predicted octanol–water partition coefficient (Wildman–Crippen LogP) is 4.00. The molecule has 2 aromatic carbocycles. The molecule has 1 N–H and O–H groups in total. The van der Waals surface area contributed by atoms with Crippen molar-refractivity contribution in [2.75, 3.05) is 6.61 Å². The Labute approximate surface area is 127 Å². The van der Waals surface area contributed by atoms with Crippen molar-refractivity contribution in [3.63, 3.8) is 0 Å². The van der Waals surface area contributed by atoms with Gasteiger partial charge in [-0.3, -0.25) is 4.98 Å². The van der Waals surface area contributed by atoms with Crippen molar-refractivity contribution in [1.29, 1.82) is 0 Å². The van der Waals surface area contributed by atoms with Crippen LogP contribution in [0.4, 0.5) is 0 Å². The lowest BCUT2D eigenvalue weighted by Gasteiger charge is -2.14. The van der Waals surface area contributed by atoms with Crippen LogP contribution in [0, 0.1) is 0 Å². The van der Waals surface area contributed by atoms with Crippen molar-refractivity contribution in [3.05, 3.63) is 71.4 Å². The Balaban J connectivity index is 1.78. The fourth-order valence-corrected chi connectivity index (χ4v) is 2.34. The van der Waals surface area contributed by atoms with E-state index >= 15 is 0 Å².